The number of hydrogen-bond acceptors (Lipinski definition) is 3. The molecule has 0 spiro atoms. The predicted molar refractivity (Wildman–Crippen MR) is 74.5 cm³/mol. The summed E-state index contributed by atoms with van der Waals surface area (Å²) < 4.78 is 13.5. The molecule has 1 saturated heterocycles. The first-order valence-corrected chi connectivity index (χ1v) is 6.69. The van der Waals surface area contributed by atoms with Crippen LogP contribution >= 0.6 is 0 Å². The second-order valence-electron chi connectivity index (χ2n) is 4.91. The summed E-state index contributed by atoms with van der Waals surface area (Å²) in [7, 11) is 0. The predicted octanol–water partition coefficient (Wildman–Crippen LogP) is 1.75. The minimum atomic E-state index is -0.547. The molecule has 1 aliphatic heterocycles. The van der Waals surface area contributed by atoms with Gasteiger partial charge in [0.15, 0.2) is 0 Å². The number of carbonyl (C=O) groups is 2. The summed E-state index contributed by atoms with van der Waals surface area (Å²) in [4.78, 5) is 25.2. The average molecular weight is 279 g/mol. The molecule has 3 N–H and O–H groups in total. The van der Waals surface area contributed by atoms with Gasteiger partial charge in [-0.2, -0.15) is 0 Å². The van der Waals surface area contributed by atoms with Crippen molar-refractivity contribution in [2.45, 2.75) is 25.7 Å². The lowest BCUT2D eigenvalue weighted by Gasteiger charge is -2.19. The number of nitrogens with one attached hydrogen (secondary N) is 1. The Morgan fingerprint density at radius 1 is 1.35 bits per heavy atom. The summed E-state index contributed by atoms with van der Waals surface area (Å²) in [6.45, 7) is 0.527. The molecule has 1 aromatic carbocycles. The van der Waals surface area contributed by atoms with E-state index in [1.807, 2.05) is 0 Å². The van der Waals surface area contributed by atoms with E-state index in [1.165, 1.54) is 23.1 Å². The van der Waals surface area contributed by atoms with Gasteiger partial charge in [0.05, 0.1) is 12.2 Å². The summed E-state index contributed by atoms with van der Waals surface area (Å²) in [6, 6.07) is 3.98. The van der Waals surface area contributed by atoms with E-state index in [4.69, 9.17) is 5.73 Å². The summed E-state index contributed by atoms with van der Waals surface area (Å²) in [5.41, 5.74) is 5.95. The topological polar surface area (TPSA) is 75.4 Å². The molecule has 0 radical (unpaired) electrons. The lowest BCUT2D eigenvalue weighted by atomic mass is 10.2. The summed E-state index contributed by atoms with van der Waals surface area (Å²) >= 11 is 0. The van der Waals surface area contributed by atoms with Gasteiger partial charge < -0.3 is 16.0 Å². The van der Waals surface area contributed by atoms with Gasteiger partial charge in [0.1, 0.15) is 5.82 Å². The van der Waals surface area contributed by atoms with Gasteiger partial charge in [-0.1, -0.05) is 6.42 Å². The molecule has 0 saturated carbocycles. The average Bonchev–Trinajstić information content (AvgIpc) is 2.59. The van der Waals surface area contributed by atoms with E-state index in [9.17, 15) is 14.0 Å². The lowest BCUT2D eigenvalue weighted by molar-refractivity contribution is -0.134. The number of likely N-dealkylation sites (tertiary alicyclic amines) is 1. The molecule has 0 atom stereocenters. The van der Waals surface area contributed by atoms with Crippen molar-refractivity contribution in [1.29, 1.82) is 0 Å². The number of amides is 2. The molecule has 1 aromatic rings. The Bertz CT molecular complexity index is 519. The van der Waals surface area contributed by atoms with E-state index in [0.717, 1.165) is 19.3 Å². The van der Waals surface area contributed by atoms with Crippen molar-refractivity contribution in [2.75, 3.05) is 24.1 Å². The SMILES string of the molecule is Nc1ccc(F)c(NC(=O)CN2CCCCCC2=O)c1. The molecule has 0 aromatic heterocycles. The Balaban J connectivity index is 1.97. The first-order valence-electron chi connectivity index (χ1n) is 6.69. The highest BCUT2D eigenvalue weighted by molar-refractivity contribution is 5.95. The van der Waals surface area contributed by atoms with Gasteiger partial charge in [0, 0.05) is 18.7 Å². The van der Waals surface area contributed by atoms with E-state index >= 15 is 0 Å². The number of nitrogen functional groups attached to an aromatic ring is 1. The van der Waals surface area contributed by atoms with Gasteiger partial charge >= 0.3 is 0 Å². The van der Waals surface area contributed by atoms with Crippen LogP contribution in [0.5, 0.6) is 0 Å². The molecule has 1 fully saturated rings. The van der Waals surface area contributed by atoms with E-state index in [-0.39, 0.29) is 18.1 Å². The minimum absolute atomic E-state index is 0.0225. The fourth-order valence-corrected chi connectivity index (χ4v) is 2.21. The zero-order valence-electron chi connectivity index (χ0n) is 11.2. The third-order valence-corrected chi connectivity index (χ3v) is 3.27. The van der Waals surface area contributed by atoms with Crippen LogP contribution in [0.2, 0.25) is 0 Å². The standard InChI is InChI=1S/C14H18FN3O2/c15-11-6-5-10(16)8-12(11)17-13(19)9-18-7-3-1-2-4-14(18)20/h5-6,8H,1-4,7,9,16H2,(H,17,19). The molecule has 5 nitrogen and oxygen atoms in total. The molecular weight excluding hydrogens is 261 g/mol. The Morgan fingerprint density at radius 2 is 2.15 bits per heavy atom. The highest BCUT2D eigenvalue weighted by atomic mass is 19.1. The number of anilines is 2. The number of rotatable bonds is 3. The van der Waals surface area contributed by atoms with Crippen LogP contribution in [0.25, 0.3) is 0 Å². The number of hydrogen-bond donors (Lipinski definition) is 2. The third kappa shape index (κ3) is 3.69. The van der Waals surface area contributed by atoms with Crippen LogP contribution in [0.1, 0.15) is 25.7 Å². The maximum atomic E-state index is 13.5. The van der Waals surface area contributed by atoms with Crippen LogP contribution < -0.4 is 11.1 Å². The molecule has 20 heavy (non-hydrogen) atoms. The van der Waals surface area contributed by atoms with Crippen molar-refractivity contribution in [2.24, 2.45) is 0 Å². The fraction of sp³-hybridized carbons (Fsp3) is 0.429. The second kappa shape index (κ2) is 6.36. The van der Waals surface area contributed by atoms with Gasteiger partial charge in [-0.15, -0.1) is 0 Å². The molecule has 108 valence electrons. The van der Waals surface area contributed by atoms with Gasteiger partial charge in [0.2, 0.25) is 11.8 Å². The highest BCUT2D eigenvalue weighted by Crippen LogP contribution is 2.17. The molecule has 6 heteroatoms. The summed E-state index contributed by atoms with van der Waals surface area (Å²) in [6.07, 6.45) is 3.22. The minimum Gasteiger partial charge on any atom is -0.399 e. The van der Waals surface area contributed by atoms with Gasteiger partial charge in [-0.25, -0.2) is 4.39 Å². The van der Waals surface area contributed by atoms with Crippen molar-refractivity contribution >= 4 is 23.2 Å². The smallest absolute Gasteiger partial charge is 0.244 e. The molecule has 2 amide bonds. The highest BCUT2D eigenvalue weighted by Gasteiger charge is 2.19. The van der Waals surface area contributed by atoms with Crippen LogP contribution in [-0.2, 0) is 9.59 Å². The first-order chi connectivity index (χ1) is 9.56. The molecule has 0 aliphatic carbocycles. The number of nitrogens with two attached hydrogens (primary N) is 1. The molecule has 1 heterocycles. The Labute approximate surface area is 116 Å². The van der Waals surface area contributed by atoms with Gasteiger partial charge in [-0.3, -0.25) is 9.59 Å². The molecule has 2 rings (SSSR count). The second-order valence-corrected chi connectivity index (χ2v) is 4.91. The number of benzene rings is 1. The van der Waals surface area contributed by atoms with Crippen LogP contribution in [-0.4, -0.2) is 29.8 Å². The van der Waals surface area contributed by atoms with E-state index < -0.39 is 11.7 Å². The normalized spacial score (nSPS) is 15.8. The monoisotopic (exact) mass is 279 g/mol. The summed E-state index contributed by atoms with van der Waals surface area (Å²) in [5.74, 6) is -0.981. The van der Waals surface area contributed by atoms with Crippen molar-refractivity contribution in [3.8, 4) is 0 Å². The Morgan fingerprint density at radius 3 is 2.95 bits per heavy atom. The zero-order valence-corrected chi connectivity index (χ0v) is 11.2. The summed E-state index contributed by atoms with van der Waals surface area (Å²) in [5, 5.41) is 2.45. The van der Waals surface area contributed by atoms with Gasteiger partial charge in [-0.05, 0) is 31.0 Å². The fourth-order valence-electron chi connectivity index (χ4n) is 2.21. The van der Waals surface area contributed by atoms with Crippen molar-refractivity contribution < 1.29 is 14.0 Å². The van der Waals surface area contributed by atoms with Crippen molar-refractivity contribution in [1.82, 2.24) is 4.90 Å². The van der Waals surface area contributed by atoms with Gasteiger partial charge in [0.25, 0.3) is 0 Å². The molecule has 1 aliphatic rings. The molecular formula is C14H18FN3O2. The first kappa shape index (κ1) is 14.3. The Kier molecular flexibility index (Phi) is 4.55. The van der Waals surface area contributed by atoms with E-state index in [1.54, 1.807) is 0 Å². The maximum absolute atomic E-state index is 13.5. The molecule has 0 bridgehead atoms. The number of halogens is 1. The van der Waals surface area contributed by atoms with Crippen LogP contribution in [0.4, 0.5) is 15.8 Å². The lowest BCUT2D eigenvalue weighted by Crippen LogP contribution is -2.37. The van der Waals surface area contributed by atoms with Crippen molar-refractivity contribution in [3.05, 3.63) is 24.0 Å². The molecule has 0 unspecified atom stereocenters. The quantitative estimate of drug-likeness (QED) is 0.828. The Hall–Kier alpha value is -2.11. The van der Waals surface area contributed by atoms with E-state index in [2.05, 4.69) is 5.32 Å². The zero-order chi connectivity index (χ0) is 14.5. The largest absolute Gasteiger partial charge is 0.399 e. The van der Waals surface area contributed by atoms with Crippen molar-refractivity contribution in [3.63, 3.8) is 0 Å². The van der Waals surface area contributed by atoms with Crippen LogP contribution in [0, 0.1) is 5.82 Å². The maximum Gasteiger partial charge on any atom is 0.244 e. The van der Waals surface area contributed by atoms with Crippen LogP contribution in [0.15, 0.2) is 18.2 Å². The third-order valence-electron chi connectivity index (χ3n) is 3.27. The van der Waals surface area contributed by atoms with Crippen LogP contribution in [0.3, 0.4) is 0 Å². The number of carbonyl (C=O) groups excluding carboxylic acids is 2. The van der Waals surface area contributed by atoms with E-state index in [0.29, 0.717) is 18.7 Å². The number of nitrogens with zero attached hydrogens (tertiary/aromatic N) is 1.